The molecule has 1 aromatic rings. The zero-order chi connectivity index (χ0) is 11.6. The molecule has 0 unspecified atom stereocenters. The molecule has 98 valence electrons. The van der Waals surface area contributed by atoms with Crippen molar-refractivity contribution >= 4 is 49.7 Å². The maximum Gasteiger partial charge on any atom is 0.250 e. The predicted molar refractivity (Wildman–Crippen MR) is 75.5 cm³/mol. The molecule has 2 rings (SSSR count). The Labute approximate surface area is 120 Å². The van der Waals surface area contributed by atoms with Crippen LogP contribution in [0.25, 0.3) is 0 Å². The molecule has 0 bridgehead atoms. The van der Waals surface area contributed by atoms with Gasteiger partial charge in [-0.2, -0.15) is 0 Å². The third kappa shape index (κ3) is 4.18. The zero-order valence-corrected chi connectivity index (χ0v) is 13.0. The fourth-order valence-corrected chi connectivity index (χ4v) is 4.97. The monoisotopic (exact) mass is 360 g/mol. The number of halogens is 2. The molecule has 2 heterocycles. The lowest BCUT2D eigenvalue weighted by atomic mass is 10.1. The van der Waals surface area contributed by atoms with Gasteiger partial charge in [0.25, 0.3) is 0 Å². The van der Waals surface area contributed by atoms with Crippen LogP contribution in [0.5, 0.6) is 0 Å². The van der Waals surface area contributed by atoms with Gasteiger partial charge in [-0.15, -0.1) is 23.7 Å². The third-order valence-corrected chi connectivity index (χ3v) is 6.07. The largest absolute Gasteiger partial charge is 0.315 e. The maximum absolute atomic E-state index is 12.0. The van der Waals surface area contributed by atoms with Gasteiger partial charge in [0.1, 0.15) is 4.21 Å². The van der Waals surface area contributed by atoms with Crippen molar-refractivity contribution in [3.63, 3.8) is 0 Å². The average Bonchev–Trinajstić information content (AvgIpc) is 2.66. The van der Waals surface area contributed by atoms with Crippen LogP contribution in [0.1, 0.15) is 12.8 Å². The number of thiophene rings is 1. The van der Waals surface area contributed by atoms with E-state index < -0.39 is 10.0 Å². The van der Waals surface area contributed by atoms with Gasteiger partial charge in [0.15, 0.2) is 0 Å². The van der Waals surface area contributed by atoms with Crippen molar-refractivity contribution in [2.24, 2.45) is 0 Å². The van der Waals surface area contributed by atoms with Crippen molar-refractivity contribution in [1.29, 1.82) is 0 Å². The van der Waals surface area contributed by atoms with Crippen LogP contribution >= 0.6 is 39.7 Å². The molecule has 2 N–H and O–H groups in total. The molecule has 0 spiro atoms. The normalized spacial score (nSPS) is 20.9. The second kappa shape index (κ2) is 6.49. The Hall–Kier alpha value is 0.340. The topological polar surface area (TPSA) is 58.2 Å². The zero-order valence-electron chi connectivity index (χ0n) is 8.98. The summed E-state index contributed by atoms with van der Waals surface area (Å²) < 4.78 is 27.8. The Morgan fingerprint density at radius 1 is 1.47 bits per heavy atom. The first-order chi connectivity index (χ1) is 7.58. The van der Waals surface area contributed by atoms with Gasteiger partial charge in [-0.05, 0) is 47.4 Å². The molecule has 1 aromatic heterocycles. The first kappa shape index (κ1) is 15.4. The van der Waals surface area contributed by atoms with Crippen molar-refractivity contribution in [3.05, 3.63) is 15.9 Å². The Morgan fingerprint density at radius 3 is 2.76 bits per heavy atom. The highest BCUT2D eigenvalue weighted by atomic mass is 79.9. The van der Waals surface area contributed by atoms with E-state index in [1.54, 1.807) is 12.1 Å². The third-order valence-electron chi connectivity index (χ3n) is 2.43. The van der Waals surface area contributed by atoms with Crippen LogP contribution in [0, 0.1) is 0 Å². The van der Waals surface area contributed by atoms with Crippen molar-refractivity contribution in [1.82, 2.24) is 10.0 Å². The lowest BCUT2D eigenvalue weighted by Gasteiger charge is -2.23. The molecule has 17 heavy (non-hydrogen) atoms. The van der Waals surface area contributed by atoms with Gasteiger partial charge in [0.2, 0.25) is 10.0 Å². The summed E-state index contributed by atoms with van der Waals surface area (Å²) in [6.45, 7) is 1.69. The number of hydrogen-bond donors (Lipinski definition) is 2. The highest BCUT2D eigenvalue weighted by Gasteiger charge is 2.22. The van der Waals surface area contributed by atoms with Crippen molar-refractivity contribution in [3.8, 4) is 0 Å². The van der Waals surface area contributed by atoms with Crippen LogP contribution in [0.2, 0.25) is 0 Å². The molecule has 8 heteroatoms. The number of hydrogen-bond acceptors (Lipinski definition) is 4. The quantitative estimate of drug-likeness (QED) is 0.865. The van der Waals surface area contributed by atoms with Crippen molar-refractivity contribution in [2.45, 2.75) is 23.1 Å². The minimum atomic E-state index is -3.34. The van der Waals surface area contributed by atoms with Gasteiger partial charge in [-0.3, -0.25) is 0 Å². The highest BCUT2D eigenvalue weighted by Crippen LogP contribution is 2.26. The fourth-order valence-electron chi connectivity index (χ4n) is 1.67. The first-order valence-corrected chi connectivity index (χ1v) is 8.15. The highest BCUT2D eigenvalue weighted by molar-refractivity contribution is 9.11. The average molecular weight is 362 g/mol. The Balaban J connectivity index is 0.00000144. The Morgan fingerprint density at radius 2 is 2.24 bits per heavy atom. The molecular formula is C9H14BrClN2O2S2. The van der Waals surface area contributed by atoms with Crippen molar-refractivity contribution in [2.75, 3.05) is 13.1 Å². The van der Waals surface area contributed by atoms with E-state index in [4.69, 9.17) is 0 Å². The van der Waals surface area contributed by atoms with Crippen LogP contribution in [0.15, 0.2) is 20.1 Å². The smallest absolute Gasteiger partial charge is 0.250 e. The van der Waals surface area contributed by atoms with E-state index in [0.717, 1.165) is 23.2 Å². The molecule has 0 aliphatic carbocycles. The molecule has 1 atom stereocenters. The van der Waals surface area contributed by atoms with Gasteiger partial charge in [0, 0.05) is 12.6 Å². The van der Waals surface area contributed by atoms with Crippen LogP contribution in [0.3, 0.4) is 0 Å². The lowest BCUT2D eigenvalue weighted by molar-refractivity contribution is 0.429. The Kier molecular flexibility index (Phi) is 5.88. The van der Waals surface area contributed by atoms with Gasteiger partial charge < -0.3 is 5.32 Å². The van der Waals surface area contributed by atoms with E-state index >= 15 is 0 Å². The van der Waals surface area contributed by atoms with Crippen LogP contribution in [0.4, 0.5) is 0 Å². The summed E-state index contributed by atoms with van der Waals surface area (Å²) in [5.41, 5.74) is 0. The summed E-state index contributed by atoms with van der Waals surface area (Å²) in [5.74, 6) is 0. The molecule has 0 radical (unpaired) electrons. The molecule has 1 aliphatic heterocycles. The molecular weight excluding hydrogens is 348 g/mol. The summed E-state index contributed by atoms with van der Waals surface area (Å²) in [5, 5.41) is 3.18. The van der Waals surface area contributed by atoms with Crippen molar-refractivity contribution < 1.29 is 8.42 Å². The molecule has 1 fully saturated rings. The molecule has 1 aliphatic rings. The van der Waals surface area contributed by atoms with E-state index in [0.29, 0.717) is 10.8 Å². The summed E-state index contributed by atoms with van der Waals surface area (Å²) in [6.07, 6.45) is 1.92. The standard InChI is InChI=1S/C9H13BrN2O2S2.ClH/c10-8-3-4-9(15-8)16(13,14)12-7-2-1-5-11-6-7;/h3-4,7,11-12H,1-2,5-6H2;1H/t7-;/m0./s1. The van der Waals surface area contributed by atoms with Gasteiger partial charge in [0.05, 0.1) is 3.79 Å². The van der Waals surface area contributed by atoms with Gasteiger partial charge in [-0.1, -0.05) is 0 Å². The number of nitrogens with one attached hydrogen (secondary N) is 2. The van der Waals surface area contributed by atoms with E-state index in [1.807, 2.05) is 0 Å². The van der Waals surface area contributed by atoms with E-state index in [2.05, 4.69) is 26.0 Å². The molecule has 1 saturated heterocycles. The first-order valence-electron chi connectivity index (χ1n) is 5.06. The summed E-state index contributed by atoms with van der Waals surface area (Å²) >= 11 is 4.49. The summed E-state index contributed by atoms with van der Waals surface area (Å²) in [4.78, 5) is 0. The van der Waals surface area contributed by atoms with E-state index in [1.165, 1.54) is 11.3 Å². The second-order valence-corrected chi connectivity index (χ2v) is 8.13. The summed E-state index contributed by atoms with van der Waals surface area (Å²) in [6, 6.07) is 3.38. The lowest BCUT2D eigenvalue weighted by Crippen LogP contribution is -2.45. The SMILES string of the molecule is Cl.O=S(=O)(N[C@H]1CCCNC1)c1ccc(Br)s1. The Bertz CT molecular complexity index is 457. The van der Waals surface area contributed by atoms with E-state index in [9.17, 15) is 8.42 Å². The maximum atomic E-state index is 12.0. The number of piperidine rings is 1. The van der Waals surface area contributed by atoms with Crippen LogP contribution in [-0.4, -0.2) is 27.5 Å². The van der Waals surface area contributed by atoms with Gasteiger partial charge in [-0.25, -0.2) is 13.1 Å². The molecule has 0 amide bonds. The van der Waals surface area contributed by atoms with Crippen LogP contribution < -0.4 is 10.0 Å². The summed E-state index contributed by atoms with van der Waals surface area (Å²) in [7, 11) is -3.34. The fraction of sp³-hybridized carbons (Fsp3) is 0.556. The van der Waals surface area contributed by atoms with Gasteiger partial charge >= 0.3 is 0 Å². The van der Waals surface area contributed by atoms with Crippen LogP contribution in [-0.2, 0) is 10.0 Å². The predicted octanol–water partition coefficient (Wildman–Crippen LogP) is 1.96. The minimum Gasteiger partial charge on any atom is -0.315 e. The molecule has 4 nitrogen and oxygen atoms in total. The number of rotatable bonds is 3. The van der Waals surface area contributed by atoms with E-state index in [-0.39, 0.29) is 18.4 Å². The molecule has 0 aromatic carbocycles. The molecule has 0 saturated carbocycles. The minimum absolute atomic E-state index is 0. The number of sulfonamides is 1. The second-order valence-electron chi connectivity index (χ2n) is 3.72.